The first-order valence-electron chi connectivity index (χ1n) is 14.3. The van der Waals surface area contributed by atoms with Crippen molar-refractivity contribution in [2.75, 3.05) is 30.8 Å². The predicted octanol–water partition coefficient (Wildman–Crippen LogP) is 5.38. The average Bonchev–Trinajstić information content (AvgIpc) is 3.66. The molecule has 1 fully saturated rings. The molecule has 0 radical (unpaired) electrons. The quantitative estimate of drug-likeness (QED) is 0.215. The standard InChI is InChI=1S/C32H31N9O3/c1-4-43-28-14-25-24(13-26(28)38-30(42)10-8-23-6-5-11-40(23)3)32(21(16-33)17-34-25)37-22-7-9-27(20(2)12-22)44-31-15-29-39-36-19-41(29)18-35-31/h7-10,12-15,17-19,23H,4-6,11H2,1-3H3,(H,34,37)(H,38,42)/b10-8+/t23-/m1/s1. The lowest BCUT2D eigenvalue weighted by Crippen LogP contribution is -2.23. The smallest absolute Gasteiger partial charge is 0.248 e. The highest BCUT2D eigenvalue weighted by atomic mass is 16.5. The number of hydrogen-bond acceptors (Lipinski definition) is 10. The van der Waals surface area contributed by atoms with Gasteiger partial charge in [-0.25, -0.2) is 4.98 Å². The Bertz CT molecular complexity index is 1930. The summed E-state index contributed by atoms with van der Waals surface area (Å²) in [5.41, 5.74) is 4.23. The van der Waals surface area contributed by atoms with E-state index in [9.17, 15) is 10.1 Å². The van der Waals surface area contributed by atoms with Gasteiger partial charge in [-0.2, -0.15) is 5.26 Å². The summed E-state index contributed by atoms with van der Waals surface area (Å²) in [7, 11) is 2.06. The van der Waals surface area contributed by atoms with Crippen LogP contribution in [0.5, 0.6) is 17.4 Å². The fourth-order valence-electron chi connectivity index (χ4n) is 5.23. The van der Waals surface area contributed by atoms with Crippen LogP contribution in [-0.2, 0) is 4.79 Å². The Morgan fingerprint density at radius 1 is 1.18 bits per heavy atom. The summed E-state index contributed by atoms with van der Waals surface area (Å²) in [6.45, 7) is 5.23. The third-order valence-electron chi connectivity index (χ3n) is 7.52. The van der Waals surface area contributed by atoms with Gasteiger partial charge in [-0.15, -0.1) is 10.2 Å². The van der Waals surface area contributed by atoms with Crippen molar-refractivity contribution in [1.29, 1.82) is 5.26 Å². The molecular formula is C32H31N9O3. The number of fused-ring (bicyclic) bond motifs is 2. The fourth-order valence-corrected chi connectivity index (χ4v) is 5.23. The van der Waals surface area contributed by atoms with Gasteiger partial charge in [0.2, 0.25) is 11.8 Å². The van der Waals surface area contributed by atoms with Gasteiger partial charge < -0.3 is 20.1 Å². The fraction of sp³-hybridized carbons (Fsp3) is 0.250. The Hall–Kier alpha value is -5.54. The van der Waals surface area contributed by atoms with Crippen molar-refractivity contribution in [2.24, 2.45) is 0 Å². The number of aryl methyl sites for hydroxylation is 1. The normalized spacial score (nSPS) is 15.1. The molecule has 222 valence electrons. The number of carbonyl (C=O) groups excluding carboxylic acids is 1. The number of nitriles is 1. The lowest BCUT2D eigenvalue weighted by molar-refractivity contribution is -0.112. The Balaban J connectivity index is 1.29. The first kappa shape index (κ1) is 28.6. The van der Waals surface area contributed by atoms with Gasteiger partial charge >= 0.3 is 0 Å². The largest absolute Gasteiger partial charge is 0.492 e. The van der Waals surface area contributed by atoms with Crippen molar-refractivity contribution in [3.63, 3.8) is 0 Å². The van der Waals surface area contributed by atoms with E-state index in [1.165, 1.54) is 6.20 Å². The van der Waals surface area contributed by atoms with Gasteiger partial charge in [0, 0.05) is 41.5 Å². The van der Waals surface area contributed by atoms with Gasteiger partial charge in [-0.3, -0.25) is 19.1 Å². The van der Waals surface area contributed by atoms with Crippen LogP contribution in [0.2, 0.25) is 0 Å². The highest BCUT2D eigenvalue weighted by Gasteiger charge is 2.19. The van der Waals surface area contributed by atoms with Crippen molar-refractivity contribution in [1.82, 2.24) is 29.5 Å². The monoisotopic (exact) mass is 589 g/mol. The number of aromatic nitrogens is 5. The molecule has 0 aliphatic carbocycles. The maximum atomic E-state index is 12.9. The summed E-state index contributed by atoms with van der Waals surface area (Å²) in [5, 5.41) is 24.9. The molecule has 12 nitrogen and oxygen atoms in total. The van der Waals surface area contributed by atoms with Gasteiger partial charge in [-0.05, 0) is 70.1 Å². The molecule has 6 rings (SSSR count). The van der Waals surface area contributed by atoms with E-state index in [2.05, 4.69) is 48.8 Å². The molecule has 1 atom stereocenters. The van der Waals surface area contributed by atoms with E-state index >= 15 is 0 Å². The topological polar surface area (TPSA) is 143 Å². The van der Waals surface area contributed by atoms with Crippen molar-refractivity contribution in [3.8, 4) is 23.4 Å². The zero-order valence-corrected chi connectivity index (χ0v) is 24.6. The number of carbonyl (C=O) groups is 1. The van der Waals surface area contributed by atoms with Crippen molar-refractivity contribution >= 4 is 39.5 Å². The number of hydrogen-bond donors (Lipinski definition) is 2. The van der Waals surface area contributed by atoms with Crippen LogP contribution in [0.15, 0.2) is 67.4 Å². The van der Waals surface area contributed by atoms with Crippen molar-refractivity contribution in [2.45, 2.75) is 32.7 Å². The lowest BCUT2D eigenvalue weighted by atomic mass is 10.1. The minimum absolute atomic E-state index is 0.246. The van der Waals surface area contributed by atoms with E-state index in [1.807, 2.05) is 38.1 Å². The summed E-state index contributed by atoms with van der Waals surface area (Å²) in [6.07, 6.45) is 10.3. The first-order valence-corrected chi connectivity index (χ1v) is 14.3. The number of pyridine rings is 1. The predicted molar refractivity (Wildman–Crippen MR) is 166 cm³/mol. The Morgan fingerprint density at radius 3 is 2.84 bits per heavy atom. The van der Waals surface area contributed by atoms with Crippen LogP contribution in [0.4, 0.5) is 17.1 Å². The SMILES string of the molecule is CCOc1cc2ncc(C#N)c(Nc3ccc(Oc4cc5nncn5cn4)c(C)c3)c2cc1NC(=O)/C=C/[C@H]1CCCN1C. The highest BCUT2D eigenvalue weighted by molar-refractivity contribution is 6.05. The van der Waals surface area contributed by atoms with E-state index in [4.69, 9.17) is 9.47 Å². The van der Waals surface area contributed by atoms with Crippen LogP contribution >= 0.6 is 0 Å². The van der Waals surface area contributed by atoms with Crippen LogP contribution in [0, 0.1) is 18.3 Å². The van der Waals surface area contributed by atoms with Crippen molar-refractivity contribution < 1.29 is 14.3 Å². The molecule has 0 unspecified atom stereocenters. The molecule has 12 heteroatoms. The Kier molecular flexibility index (Phi) is 8.03. The number of likely N-dealkylation sites (N-methyl/N-ethyl adjacent to an activating group) is 1. The lowest BCUT2D eigenvalue weighted by Gasteiger charge is -2.17. The number of rotatable bonds is 9. The number of amides is 1. The molecule has 5 aromatic rings. The molecule has 0 saturated carbocycles. The Labute approximate surface area is 254 Å². The number of likely N-dealkylation sites (tertiary alicyclic amines) is 1. The number of nitrogens with zero attached hydrogens (tertiary/aromatic N) is 7. The minimum Gasteiger partial charge on any atom is -0.492 e. The number of nitrogens with one attached hydrogen (secondary N) is 2. The van der Waals surface area contributed by atoms with Gasteiger partial charge in [0.15, 0.2) is 5.65 Å². The molecule has 0 spiro atoms. The maximum absolute atomic E-state index is 12.9. The second-order valence-corrected chi connectivity index (χ2v) is 10.5. The second-order valence-electron chi connectivity index (χ2n) is 10.5. The molecule has 44 heavy (non-hydrogen) atoms. The number of ether oxygens (including phenoxy) is 2. The molecule has 1 amide bonds. The number of anilines is 3. The first-order chi connectivity index (χ1) is 21.4. The van der Waals surface area contributed by atoms with Gasteiger partial charge in [0.1, 0.15) is 30.2 Å². The molecular weight excluding hydrogens is 558 g/mol. The maximum Gasteiger partial charge on any atom is 0.248 e. The van der Waals surface area contributed by atoms with Gasteiger partial charge in [-0.1, -0.05) is 6.08 Å². The van der Waals surface area contributed by atoms with E-state index in [1.54, 1.807) is 41.3 Å². The van der Waals surface area contributed by atoms with E-state index in [-0.39, 0.29) is 11.9 Å². The number of benzene rings is 2. The summed E-state index contributed by atoms with van der Waals surface area (Å²) in [6, 6.07) is 13.3. The van der Waals surface area contributed by atoms with E-state index in [0.29, 0.717) is 57.5 Å². The molecule has 3 aromatic heterocycles. The molecule has 2 N–H and O–H groups in total. The molecule has 1 aliphatic heterocycles. The van der Waals surface area contributed by atoms with Gasteiger partial charge in [0.25, 0.3) is 0 Å². The second kappa shape index (κ2) is 12.4. The van der Waals surface area contributed by atoms with E-state index in [0.717, 1.165) is 30.6 Å². The van der Waals surface area contributed by atoms with Crippen LogP contribution in [0.25, 0.3) is 16.6 Å². The molecule has 0 bridgehead atoms. The van der Waals surface area contributed by atoms with Crippen LogP contribution in [-0.4, -0.2) is 61.6 Å². The van der Waals surface area contributed by atoms with E-state index < -0.39 is 0 Å². The summed E-state index contributed by atoms with van der Waals surface area (Å²) < 4.78 is 13.6. The van der Waals surface area contributed by atoms with Crippen LogP contribution < -0.4 is 20.1 Å². The Morgan fingerprint density at radius 2 is 2.07 bits per heavy atom. The highest BCUT2D eigenvalue weighted by Crippen LogP contribution is 2.37. The summed E-state index contributed by atoms with van der Waals surface area (Å²) in [4.78, 5) is 24.0. The van der Waals surface area contributed by atoms with Crippen molar-refractivity contribution in [3.05, 3.63) is 78.5 Å². The zero-order valence-electron chi connectivity index (χ0n) is 24.6. The minimum atomic E-state index is -0.256. The third-order valence-corrected chi connectivity index (χ3v) is 7.52. The molecule has 2 aromatic carbocycles. The zero-order chi connectivity index (χ0) is 30.6. The molecule has 1 saturated heterocycles. The molecule has 4 heterocycles. The molecule has 1 aliphatic rings. The summed E-state index contributed by atoms with van der Waals surface area (Å²) in [5.74, 6) is 1.26. The van der Waals surface area contributed by atoms with Crippen LogP contribution in [0.3, 0.4) is 0 Å². The average molecular weight is 590 g/mol. The third kappa shape index (κ3) is 5.99. The van der Waals surface area contributed by atoms with Gasteiger partial charge in [0.05, 0.1) is 29.1 Å². The van der Waals surface area contributed by atoms with Crippen LogP contribution in [0.1, 0.15) is 30.9 Å². The summed E-state index contributed by atoms with van der Waals surface area (Å²) >= 11 is 0.